The molecule has 0 aliphatic rings. The first-order chi connectivity index (χ1) is 32.2. The van der Waals surface area contributed by atoms with E-state index in [4.69, 9.17) is 23.2 Å². The molecule has 0 spiro atoms. The average molecular weight is 837 g/mol. The van der Waals surface area contributed by atoms with Crippen LogP contribution in [0.25, 0.3) is 88.2 Å². The first-order valence-corrected chi connectivity index (χ1v) is 21.6. The summed E-state index contributed by atoms with van der Waals surface area (Å²) in [6, 6.07) is 73.2. The monoisotopic (exact) mass is 836 g/mol. The predicted octanol–water partition coefficient (Wildman–Crippen LogP) is 16.4. The van der Waals surface area contributed by atoms with Crippen molar-refractivity contribution in [2.24, 2.45) is 0 Å². The number of para-hydroxylation sites is 2. The van der Waals surface area contributed by atoms with Crippen LogP contribution >= 0.6 is 0 Å². The van der Waals surface area contributed by atoms with Gasteiger partial charge in [-0.2, -0.15) is 4.98 Å². The largest absolute Gasteiger partial charge is 0.456 e. The molecule has 65 heavy (non-hydrogen) atoms. The lowest BCUT2D eigenvalue weighted by molar-refractivity contribution is 0.653. The molecule has 306 valence electrons. The van der Waals surface area contributed by atoms with Crippen LogP contribution in [-0.4, -0.2) is 9.97 Å². The van der Waals surface area contributed by atoms with Gasteiger partial charge in [-0.3, -0.25) is 4.90 Å². The van der Waals surface area contributed by atoms with Gasteiger partial charge in [0.2, 0.25) is 11.7 Å². The standard InChI is InChI=1S/C58H36N4O3/c1-3-11-37(12-4-1)39-19-23-41(24-20-39)61(43-27-30-48-46-15-7-9-17-52(46)63-54(48)33-43)44-28-32-50-51-36-59-58(60-57(51)65-56(50)34-44)62(42-25-21-40(22-26-42)38-13-5-2-6-14-38)45-29-31-49-47-16-8-10-18-53(47)64-55(49)35-45/h1-36H. The molecule has 0 amide bonds. The highest BCUT2D eigenvalue weighted by molar-refractivity contribution is 6.08. The van der Waals surface area contributed by atoms with Gasteiger partial charge in [-0.1, -0.05) is 121 Å². The molecule has 0 aliphatic heterocycles. The van der Waals surface area contributed by atoms with Crippen molar-refractivity contribution in [1.82, 2.24) is 9.97 Å². The van der Waals surface area contributed by atoms with Crippen molar-refractivity contribution in [2.45, 2.75) is 0 Å². The SMILES string of the molecule is c1ccc(-c2ccc(N(c3ccc4c(c3)oc3ccccc34)c3ccc4c(c3)oc3nc(N(c5ccc(-c6ccccc6)cc5)c5ccc6c(c5)oc5ccccc56)ncc34)cc2)cc1. The second kappa shape index (κ2) is 14.9. The fourth-order valence-corrected chi connectivity index (χ4v) is 9.19. The number of aromatic nitrogens is 2. The van der Waals surface area contributed by atoms with Crippen molar-refractivity contribution in [2.75, 3.05) is 9.80 Å². The van der Waals surface area contributed by atoms with Crippen molar-refractivity contribution in [1.29, 1.82) is 0 Å². The highest BCUT2D eigenvalue weighted by Gasteiger charge is 2.22. The summed E-state index contributed by atoms with van der Waals surface area (Å²) in [5.41, 5.74) is 13.7. The zero-order valence-electron chi connectivity index (χ0n) is 34.8. The van der Waals surface area contributed by atoms with Crippen LogP contribution in [-0.2, 0) is 0 Å². The molecular formula is C58H36N4O3. The summed E-state index contributed by atoms with van der Waals surface area (Å²) in [5, 5.41) is 6.03. The smallest absolute Gasteiger partial charge is 0.237 e. The van der Waals surface area contributed by atoms with Crippen LogP contribution in [0.1, 0.15) is 0 Å². The van der Waals surface area contributed by atoms with Gasteiger partial charge in [0.05, 0.1) is 11.1 Å². The highest BCUT2D eigenvalue weighted by Crippen LogP contribution is 2.43. The van der Waals surface area contributed by atoms with Crippen molar-refractivity contribution in [3.05, 3.63) is 219 Å². The van der Waals surface area contributed by atoms with Gasteiger partial charge in [-0.05, 0) is 95.1 Å². The summed E-state index contributed by atoms with van der Waals surface area (Å²) in [6.07, 6.45) is 1.86. The lowest BCUT2D eigenvalue weighted by Crippen LogP contribution is -2.13. The molecule has 0 atom stereocenters. The fourth-order valence-electron chi connectivity index (χ4n) is 9.19. The summed E-state index contributed by atoms with van der Waals surface area (Å²) in [4.78, 5) is 14.5. The Kier molecular flexibility index (Phi) is 8.39. The van der Waals surface area contributed by atoms with Gasteiger partial charge < -0.3 is 18.2 Å². The molecule has 7 heteroatoms. The van der Waals surface area contributed by atoms with Crippen LogP contribution < -0.4 is 9.80 Å². The maximum Gasteiger partial charge on any atom is 0.237 e. The van der Waals surface area contributed by atoms with Gasteiger partial charge in [0.15, 0.2) is 0 Å². The van der Waals surface area contributed by atoms with Crippen molar-refractivity contribution in [3.63, 3.8) is 0 Å². The van der Waals surface area contributed by atoms with E-state index in [0.29, 0.717) is 17.2 Å². The lowest BCUT2D eigenvalue weighted by atomic mass is 10.0. The molecule has 9 aromatic carbocycles. The van der Waals surface area contributed by atoms with Crippen LogP contribution in [0.3, 0.4) is 0 Å². The molecule has 0 bridgehead atoms. The molecule has 0 unspecified atom stereocenters. The van der Waals surface area contributed by atoms with E-state index in [9.17, 15) is 0 Å². The van der Waals surface area contributed by atoms with Gasteiger partial charge in [0.1, 0.15) is 27.9 Å². The number of furan rings is 3. The molecule has 13 aromatic rings. The van der Waals surface area contributed by atoms with Gasteiger partial charge in [0, 0.05) is 74.1 Å². The Balaban J connectivity index is 0.929. The second-order valence-electron chi connectivity index (χ2n) is 16.2. The molecule has 0 fully saturated rings. The number of hydrogen-bond donors (Lipinski definition) is 0. The molecular weight excluding hydrogens is 801 g/mol. The van der Waals surface area contributed by atoms with E-state index in [0.717, 1.165) is 105 Å². The summed E-state index contributed by atoms with van der Waals surface area (Å²) >= 11 is 0. The molecule has 0 saturated carbocycles. The Bertz CT molecular complexity index is 3640. The summed E-state index contributed by atoms with van der Waals surface area (Å²) in [7, 11) is 0. The van der Waals surface area contributed by atoms with Crippen molar-refractivity contribution >= 4 is 100 Å². The van der Waals surface area contributed by atoms with E-state index in [1.165, 1.54) is 0 Å². The zero-order chi connectivity index (χ0) is 42.8. The Hall–Kier alpha value is -8.94. The minimum absolute atomic E-state index is 0.471. The Labute approximate surface area is 372 Å². The molecule has 7 nitrogen and oxygen atoms in total. The van der Waals surface area contributed by atoms with E-state index in [1.807, 2.05) is 54.7 Å². The Morgan fingerprint density at radius 2 is 0.677 bits per heavy atom. The Morgan fingerprint density at radius 3 is 1.20 bits per heavy atom. The van der Waals surface area contributed by atoms with Crippen LogP contribution in [0.15, 0.2) is 232 Å². The average Bonchev–Trinajstić information content (AvgIpc) is 4.05. The third-order valence-electron chi connectivity index (χ3n) is 12.4. The molecule has 0 radical (unpaired) electrons. The number of benzene rings is 9. The maximum absolute atomic E-state index is 6.71. The number of rotatable bonds is 8. The minimum atomic E-state index is 0.471. The van der Waals surface area contributed by atoms with Crippen LogP contribution in [0.2, 0.25) is 0 Å². The van der Waals surface area contributed by atoms with Crippen LogP contribution in [0, 0.1) is 0 Å². The maximum atomic E-state index is 6.71. The minimum Gasteiger partial charge on any atom is -0.456 e. The van der Waals surface area contributed by atoms with E-state index < -0.39 is 0 Å². The lowest BCUT2D eigenvalue weighted by Gasteiger charge is -2.25. The predicted molar refractivity (Wildman–Crippen MR) is 264 cm³/mol. The van der Waals surface area contributed by atoms with Gasteiger partial charge in [-0.15, -0.1) is 0 Å². The third kappa shape index (κ3) is 6.28. The number of fused-ring (bicyclic) bond motifs is 9. The number of hydrogen-bond acceptors (Lipinski definition) is 7. The van der Waals surface area contributed by atoms with E-state index >= 15 is 0 Å². The highest BCUT2D eigenvalue weighted by atomic mass is 16.3. The first kappa shape index (κ1) is 36.7. The normalized spacial score (nSPS) is 11.7. The molecule has 0 aliphatic carbocycles. The molecule has 4 aromatic heterocycles. The summed E-state index contributed by atoms with van der Waals surface area (Å²) in [5.74, 6) is 0.471. The topological polar surface area (TPSA) is 71.7 Å². The zero-order valence-corrected chi connectivity index (χ0v) is 34.8. The van der Waals surface area contributed by atoms with E-state index in [1.54, 1.807) is 0 Å². The van der Waals surface area contributed by atoms with Gasteiger partial charge in [0.25, 0.3) is 0 Å². The van der Waals surface area contributed by atoms with Gasteiger partial charge >= 0.3 is 0 Å². The second-order valence-corrected chi connectivity index (χ2v) is 16.2. The molecule has 13 rings (SSSR count). The van der Waals surface area contributed by atoms with Crippen molar-refractivity contribution < 1.29 is 13.3 Å². The van der Waals surface area contributed by atoms with E-state index in [2.05, 4.69) is 174 Å². The molecule has 0 N–H and O–H groups in total. The Morgan fingerprint density at radius 1 is 0.292 bits per heavy atom. The number of nitrogens with zero attached hydrogens (tertiary/aromatic N) is 4. The first-order valence-electron chi connectivity index (χ1n) is 21.6. The van der Waals surface area contributed by atoms with Crippen molar-refractivity contribution in [3.8, 4) is 22.3 Å². The third-order valence-corrected chi connectivity index (χ3v) is 12.4. The fraction of sp³-hybridized carbons (Fsp3) is 0. The van der Waals surface area contributed by atoms with Gasteiger partial charge in [-0.25, -0.2) is 4.98 Å². The quantitative estimate of drug-likeness (QED) is 0.151. The summed E-state index contributed by atoms with van der Waals surface area (Å²) in [6.45, 7) is 0. The number of anilines is 6. The van der Waals surface area contributed by atoms with Crippen LogP contribution in [0.5, 0.6) is 0 Å². The summed E-state index contributed by atoms with van der Waals surface area (Å²) < 4.78 is 19.5. The van der Waals surface area contributed by atoms with Crippen LogP contribution in [0.4, 0.5) is 34.4 Å². The van der Waals surface area contributed by atoms with E-state index in [-0.39, 0.29) is 0 Å². The molecule has 4 heterocycles. The molecule has 0 saturated heterocycles.